The zero-order chi connectivity index (χ0) is 29.4. The third-order valence-electron chi connectivity index (χ3n) is 8.13. The van der Waals surface area contributed by atoms with Crippen molar-refractivity contribution in [2.75, 3.05) is 23.3 Å². The Morgan fingerprint density at radius 3 is 2.57 bits per heavy atom. The van der Waals surface area contributed by atoms with Crippen molar-refractivity contribution in [1.82, 2.24) is 10.3 Å². The number of hydrogen-bond donors (Lipinski definition) is 3. The van der Waals surface area contributed by atoms with E-state index in [1.54, 1.807) is 12.1 Å². The monoisotopic (exact) mass is 563 g/mol. The third kappa shape index (κ3) is 5.25. The zero-order valence-electron chi connectivity index (χ0n) is 23.6. The molecule has 214 valence electrons. The highest BCUT2D eigenvalue weighted by Crippen LogP contribution is 2.48. The van der Waals surface area contributed by atoms with Crippen LogP contribution < -0.4 is 15.5 Å². The molecule has 0 fully saturated rings. The molecule has 0 bridgehead atoms. The van der Waals surface area contributed by atoms with Crippen LogP contribution in [-0.2, 0) is 16.0 Å². The number of H-pyrrole nitrogens is 1. The summed E-state index contributed by atoms with van der Waals surface area (Å²) in [4.78, 5) is 43.5. The second-order valence-electron chi connectivity index (χ2n) is 11.8. The highest BCUT2D eigenvalue weighted by Gasteiger charge is 2.42. The van der Waals surface area contributed by atoms with Crippen LogP contribution in [0.15, 0.2) is 90.3 Å². The molecular formula is C33H33N5O4. The van der Waals surface area contributed by atoms with Crippen molar-refractivity contribution in [3.63, 3.8) is 0 Å². The largest absolute Gasteiger partial charge is 0.361 e. The summed E-state index contributed by atoms with van der Waals surface area (Å²) < 4.78 is 0. The predicted octanol–water partition coefficient (Wildman–Crippen LogP) is 6.05. The summed E-state index contributed by atoms with van der Waals surface area (Å²) in [5.41, 5.74) is 5.67. The number of amides is 1. The maximum absolute atomic E-state index is 13.8. The van der Waals surface area contributed by atoms with Gasteiger partial charge in [-0.15, -0.1) is 0 Å². The molecule has 1 unspecified atom stereocenters. The standard InChI is InChI=1S/C33H33N5O4/c1-33(2)17-27-31(29(39)18-33)32(21-11-13-23(14-12-21)38(41)42)37(28-10-6-5-9-26(28)36-27)20-30(40)34-16-15-22-19-35-25-8-4-3-7-24(22)25/h3-14,19,32,35-36H,15-18,20H2,1-2H3,(H,34,40). The number of aromatic nitrogens is 1. The average Bonchev–Trinajstić information content (AvgIpc) is 3.31. The minimum Gasteiger partial charge on any atom is -0.361 e. The molecule has 9 nitrogen and oxygen atoms in total. The van der Waals surface area contributed by atoms with E-state index in [1.165, 1.54) is 12.1 Å². The van der Waals surface area contributed by atoms with Gasteiger partial charge in [0.15, 0.2) is 5.78 Å². The lowest BCUT2D eigenvalue weighted by molar-refractivity contribution is -0.384. The Morgan fingerprint density at radius 1 is 1.05 bits per heavy atom. The molecule has 4 aromatic rings. The number of aromatic amines is 1. The van der Waals surface area contributed by atoms with Gasteiger partial charge in [0, 0.05) is 53.5 Å². The van der Waals surface area contributed by atoms with Gasteiger partial charge >= 0.3 is 0 Å². The Bertz CT molecular complexity index is 1720. The van der Waals surface area contributed by atoms with Gasteiger partial charge in [-0.2, -0.15) is 0 Å². The van der Waals surface area contributed by atoms with Crippen molar-refractivity contribution in [2.24, 2.45) is 5.41 Å². The normalized spacial score (nSPS) is 17.7. The number of nitrogens with one attached hydrogen (secondary N) is 3. The van der Waals surface area contributed by atoms with Crippen LogP contribution in [0.2, 0.25) is 0 Å². The molecule has 0 spiro atoms. The molecule has 1 aromatic heterocycles. The number of benzene rings is 3. The number of carbonyl (C=O) groups excluding carboxylic acids is 2. The molecule has 3 N–H and O–H groups in total. The summed E-state index contributed by atoms with van der Waals surface area (Å²) >= 11 is 0. The molecule has 1 aliphatic carbocycles. The fourth-order valence-corrected chi connectivity index (χ4v) is 6.24. The van der Waals surface area contributed by atoms with Crippen LogP contribution in [0.3, 0.4) is 0 Å². The average molecular weight is 564 g/mol. The first-order chi connectivity index (χ1) is 20.2. The molecule has 0 radical (unpaired) electrons. The van der Waals surface area contributed by atoms with Crippen molar-refractivity contribution in [3.05, 3.63) is 112 Å². The van der Waals surface area contributed by atoms with Crippen LogP contribution >= 0.6 is 0 Å². The van der Waals surface area contributed by atoms with Crippen LogP contribution in [0.5, 0.6) is 0 Å². The zero-order valence-corrected chi connectivity index (χ0v) is 23.6. The van der Waals surface area contributed by atoms with Crippen LogP contribution in [0, 0.1) is 15.5 Å². The van der Waals surface area contributed by atoms with Gasteiger partial charge in [-0.3, -0.25) is 19.7 Å². The topological polar surface area (TPSA) is 120 Å². The number of para-hydroxylation sites is 3. The van der Waals surface area contributed by atoms with E-state index in [1.807, 2.05) is 53.6 Å². The summed E-state index contributed by atoms with van der Waals surface area (Å²) in [6.07, 6.45) is 3.68. The van der Waals surface area contributed by atoms with E-state index in [4.69, 9.17) is 0 Å². The fraction of sp³-hybridized carbons (Fsp3) is 0.273. The summed E-state index contributed by atoms with van der Waals surface area (Å²) in [5, 5.41) is 19.1. The Balaban J connectivity index is 1.34. The fourth-order valence-electron chi connectivity index (χ4n) is 6.24. The van der Waals surface area contributed by atoms with Crippen molar-refractivity contribution in [1.29, 1.82) is 0 Å². The number of non-ortho nitro benzene ring substituents is 1. The number of carbonyl (C=O) groups is 2. The van der Waals surface area contributed by atoms with Crippen LogP contribution in [0.4, 0.5) is 17.1 Å². The molecule has 0 saturated heterocycles. The highest BCUT2D eigenvalue weighted by molar-refractivity contribution is 6.02. The smallest absolute Gasteiger partial charge is 0.269 e. The molecule has 42 heavy (non-hydrogen) atoms. The Morgan fingerprint density at radius 2 is 1.79 bits per heavy atom. The first-order valence-corrected chi connectivity index (χ1v) is 14.2. The number of nitro groups is 1. The quantitative estimate of drug-likeness (QED) is 0.186. The summed E-state index contributed by atoms with van der Waals surface area (Å²) in [7, 11) is 0. The van der Waals surface area contributed by atoms with Gasteiger partial charge in [0.05, 0.1) is 28.9 Å². The number of fused-ring (bicyclic) bond motifs is 2. The number of Topliss-reactive ketones (excluding diaryl/α,β-unsaturated/α-hetero) is 1. The van der Waals surface area contributed by atoms with Crippen molar-refractivity contribution >= 4 is 39.7 Å². The van der Waals surface area contributed by atoms with E-state index in [-0.39, 0.29) is 29.3 Å². The lowest BCUT2D eigenvalue weighted by Crippen LogP contribution is -2.42. The molecule has 3 aromatic carbocycles. The van der Waals surface area contributed by atoms with Gasteiger partial charge in [0.25, 0.3) is 5.69 Å². The highest BCUT2D eigenvalue weighted by atomic mass is 16.6. The number of rotatable bonds is 7. The molecule has 1 atom stereocenters. The maximum Gasteiger partial charge on any atom is 0.269 e. The molecule has 2 heterocycles. The number of anilines is 2. The van der Waals surface area contributed by atoms with Crippen molar-refractivity contribution in [2.45, 2.75) is 39.2 Å². The van der Waals surface area contributed by atoms with Crippen LogP contribution in [0.25, 0.3) is 10.9 Å². The summed E-state index contributed by atoms with van der Waals surface area (Å²) in [6.45, 7) is 4.61. The Labute approximate surface area is 243 Å². The van der Waals surface area contributed by atoms with Crippen LogP contribution in [0.1, 0.15) is 43.9 Å². The van der Waals surface area contributed by atoms with Crippen LogP contribution in [-0.4, -0.2) is 34.7 Å². The second-order valence-corrected chi connectivity index (χ2v) is 11.8. The Hall–Kier alpha value is -4.92. The number of nitro benzene ring substituents is 1. The first kappa shape index (κ1) is 27.3. The molecule has 1 aliphatic heterocycles. The lowest BCUT2D eigenvalue weighted by Gasteiger charge is -2.37. The molecule has 2 aliphatic rings. The number of nitrogens with zero attached hydrogens (tertiary/aromatic N) is 2. The van der Waals surface area contributed by atoms with Gasteiger partial charge < -0.3 is 20.5 Å². The Kier molecular flexibility index (Phi) is 7.02. The van der Waals surface area contributed by atoms with Gasteiger partial charge in [-0.05, 0) is 59.7 Å². The van der Waals surface area contributed by atoms with Gasteiger partial charge in [-0.1, -0.05) is 44.2 Å². The predicted molar refractivity (Wildman–Crippen MR) is 163 cm³/mol. The van der Waals surface area contributed by atoms with E-state index >= 15 is 0 Å². The molecular weight excluding hydrogens is 530 g/mol. The minimum absolute atomic E-state index is 0.00167. The maximum atomic E-state index is 13.8. The van der Waals surface area contributed by atoms with Gasteiger partial charge in [-0.25, -0.2) is 0 Å². The summed E-state index contributed by atoms with van der Waals surface area (Å²) in [6, 6.07) is 21.5. The third-order valence-corrected chi connectivity index (χ3v) is 8.13. The van der Waals surface area contributed by atoms with E-state index < -0.39 is 11.0 Å². The van der Waals surface area contributed by atoms with Crippen molar-refractivity contribution in [3.8, 4) is 0 Å². The SMILES string of the molecule is CC1(C)CC(=O)C2=C(C1)Nc1ccccc1N(CC(=O)NCCc1c[nH]c3ccccc13)C2c1ccc([N+](=O)[O-])cc1. The lowest BCUT2D eigenvalue weighted by atomic mass is 9.73. The molecule has 6 rings (SSSR count). The van der Waals surface area contributed by atoms with E-state index in [0.29, 0.717) is 36.9 Å². The van der Waals surface area contributed by atoms with Gasteiger partial charge in [0.1, 0.15) is 0 Å². The van der Waals surface area contributed by atoms with Gasteiger partial charge in [0.2, 0.25) is 5.91 Å². The number of ketones is 1. The minimum atomic E-state index is -0.597. The molecule has 0 saturated carbocycles. The van der Waals surface area contributed by atoms with Crippen molar-refractivity contribution < 1.29 is 14.5 Å². The van der Waals surface area contributed by atoms with E-state index in [2.05, 4.69) is 35.5 Å². The second kappa shape index (κ2) is 10.8. The van der Waals surface area contributed by atoms with E-state index in [0.717, 1.165) is 33.5 Å². The number of allylic oxidation sites excluding steroid dienone is 1. The summed E-state index contributed by atoms with van der Waals surface area (Å²) in [5.74, 6) is -0.168. The number of hydrogen-bond acceptors (Lipinski definition) is 6. The van der Waals surface area contributed by atoms with E-state index in [9.17, 15) is 19.7 Å². The molecule has 9 heteroatoms. The molecule has 1 amide bonds. The first-order valence-electron chi connectivity index (χ1n) is 14.2.